The molecule has 1 aromatic carbocycles. The molecule has 0 unspecified atom stereocenters. The third kappa shape index (κ3) is 8.34. The van der Waals surface area contributed by atoms with Gasteiger partial charge < -0.3 is 25.1 Å². The van der Waals surface area contributed by atoms with Gasteiger partial charge in [-0.3, -0.25) is 0 Å². The number of rotatable bonds is 6. The van der Waals surface area contributed by atoms with E-state index in [1.54, 1.807) is 0 Å². The van der Waals surface area contributed by atoms with E-state index in [2.05, 4.69) is 46.2 Å². The van der Waals surface area contributed by atoms with E-state index in [1.165, 1.54) is 5.56 Å². The molecule has 0 saturated carbocycles. The maximum Gasteiger partial charge on any atom is 0.124 e. The fourth-order valence-electron chi connectivity index (χ4n) is 2.21. The zero-order valence-electron chi connectivity index (χ0n) is 15.6. The van der Waals surface area contributed by atoms with Gasteiger partial charge in [0.05, 0.1) is 0 Å². The number of phenols is 1. The average molecular weight is 310 g/mol. The Morgan fingerprint density at radius 3 is 1.36 bits per heavy atom. The van der Waals surface area contributed by atoms with Crippen LogP contribution in [0, 0.1) is 0 Å². The van der Waals surface area contributed by atoms with Crippen LogP contribution < -0.4 is 5.32 Å². The Balaban J connectivity index is 0.00000135. The predicted octanol–water partition coefficient (Wildman–Crippen LogP) is 1.41. The van der Waals surface area contributed by atoms with E-state index in [0.717, 1.165) is 30.8 Å². The Labute approximate surface area is 136 Å². The summed E-state index contributed by atoms with van der Waals surface area (Å²) in [5, 5.41) is 13.1. The van der Waals surface area contributed by atoms with E-state index in [4.69, 9.17) is 0 Å². The molecule has 0 bridgehead atoms. The van der Waals surface area contributed by atoms with Crippen molar-refractivity contribution in [3.63, 3.8) is 0 Å². The normalized spacial score (nSPS) is 11.0. The number of nitrogens with zero attached hydrogens (tertiary/aromatic N) is 3. The van der Waals surface area contributed by atoms with Crippen molar-refractivity contribution in [3.05, 3.63) is 28.8 Å². The summed E-state index contributed by atoms with van der Waals surface area (Å²) in [6, 6.07) is 4.21. The molecule has 5 nitrogen and oxygen atoms in total. The maximum atomic E-state index is 10.4. The first-order chi connectivity index (χ1) is 10.2. The van der Waals surface area contributed by atoms with Gasteiger partial charge in [-0.2, -0.15) is 0 Å². The van der Waals surface area contributed by atoms with Crippen LogP contribution in [-0.2, 0) is 19.6 Å². The van der Waals surface area contributed by atoms with Crippen LogP contribution in [0.15, 0.2) is 12.1 Å². The van der Waals surface area contributed by atoms with Crippen LogP contribution in [0.2, 0.25) is 0 Å². The summed E-state index contributed by atoms with van der Waals surface area (Å²) in [4.78, 5) is 6.30. The fourth-order valence-corrected chi connectivity index (χ4v) is 2.21. The molecule has 0 aliphatic heterocycles. The number of hydrogen-bond donors (Lipinski definition) is 2. The lowest BCUT2D eigenvalue weighted by Crippen LogP contribution is -2.16. The van der Waals surface area contributed by atoms with Gasteiger partial charge in [0.1, 0.15) is 5.75 Å². The smallest absolute Gasteiger partial charge is 0.124 e. The molecule has 0 heterocycles. The van der Waals surface area contributed by atoms with Crippen LogP contribution in [0.3, 0.4) is 0 Å². The van der Waals surface area contributed by atoms with Crippen molar-refractivity contribution in [1.82, 2.24) is 20.0 Å². The highest BCUT2D eigenvalue weighted by Crippen LogP contribution is 2.27. The zero-order chi connectivity index (χ0) is 17.3. The average Bonchev–Trinajstić information content (AvgIpc) is 2.33. The second-order valence-corrected chi connectivity index (χ2v) is 6.48. The van der Waals surface area contributed by atoms with Crippen LogP contribution in [0.5, 0.6) is 5.75 Å². The van der Waals surface area contributed by atoms with Gasteiger partial charge in [0.2, 0.25) is 0 Å². The van der Waals surface area contributed by atoms with Crippen molar-refractivity contribution in [2.24, 2.45) is 0 Å². The predicted molar refractivity (Wildman–Crippen MR) is 95.3 cm³/mol. The van der Waals surface area contributed by atoms with Gasteiger partial charge in [-0.1, -0.05) is 0 Å². The highest BCUT2D eigenvalue weighted by Gasteiger charge is 2.12. The molecule has 0 atom stereocenters. The molecule has 0 radical (unpaired) electrons. The minimum Gasteiger partial charge on any atom is -0.507 e. The molecule has 0 amide bonds. The molecule has 0 spiro atoms. The summed E-state index contributed by atoms with van der Waals surface area (Å²) in [6.07, 6.45) is 0. The van der Waals surface area contributed by atoms with Crippen molar-refractivity contribution in [2.75, 3.05) is 56.4 Å². The summed E-state index contributed by atoms with van der Waals surface area (Å²) >= 11 is 0. The van der Waals surface area contributed by atoms with E-state index >= 15 is 0 Å². The molecule has 0 saturated heterocycles. The Morgan fingerprint density at radius 2 is 1.09 bits per heavy atom. The minimum absolute atomic E-state index is 0.435. The highest BCUT2D eigenvalue weighted by atomic mass is 16.3. The largest absolute Gasteiger partial charge is 0.507 e. The molecule has 0 aromatic heterocycles. The molecule has 22 heavy (non-hydrogen) atoms. The molecule has 0 aliphatic carbocycles. The lowest BCUT2D eigenvalue weighted by atomic mass is 10.0. The summed E-state index contributed by atoms with van der Waals surface area (Å²) < 4.78 is 0. The van der Waals surface area contributed by atoms with Crippen LogP contribution in [0.25, 0.3) is 0 Å². The first-order valence-corrected chi connectivity index (χ1v) is 7.57. The number of benzene rings is 1. The highest BCUT2D eigenvalue weighted by molar-refractivity contribution is 5.43. The zero-order valence-corrected chi connectivity index (χ0v) is 15.6. The van der Waals surface area contributed by atoms with E-state index < -0.39 is 0 Å². The van der Waals surface area contributed by atoms with Gasteiger partial charge >= 0.3 is 0 Å². The SMILES string of the molecule is CN(C)Cc1cc(CN(C)C)c(O)c(CN(C)C)c1.CNC. The van der Waals surface area contributed by atoms with E-state index in [0.29, 0.717) is 5.75 Å². The first-order valence-electron chi connectivity index (χ1n) is 7.57. The molecule has 5 heteroatoms. The number of aromatic hydroxyl groups is 1. The second kappa shape index (κ2) is 10.6. The van der Waals surface area contributed by atoms with Gasteiger partial charge in [0.25, 0.3) is 0 Å². The lowest BCUT2D eigenvalue weighted by Gasteiger charge is -2.19. The Morgan fingerprint density at radius 1 is 0.773 bits per heavy atom. The van der Waals surface area contributed by atoms with Crippen LogP contribution in [-0.4, -0.2) is 76.2 Å². The Kier molecular flexibility index (Phi) is 10.0. The summed E-state index contributed by atoms with van der Waals surface area (Å²) in [6.45, 7) is 2.40. The van der Waals surface area contributed by atoms with Crippen molar-refractivity contribution < 1.29 is 5.11 Å². The molecule has 1 rings (SSSR count). The van der Waals surface area contributed by atoms with Crippen molar-refractivity contribution in [1.29, 1.82) is 0 Å². The summed E-state index contributed by atoms with van der Waals surface area (Å²) in [7, 11) is 15.9. The van der Waals surface area contributed by atoms with Crippen LogP contribution in [0.1, 0.15) is 16.7 Å². The van der Waals surface area contributed by atoms with Crippen molar-refractivity contribution in [3.8, 4) is 5.75 Å². The first kappa shape index (κ1) is 20.9. The number of nitrogens with one attached hydrogen (secondary N) is 1. The van der Waals surface area contributed by atoms with Gasteiger partial charge in [-0.25, -0.2) is 0 Å². The standard InChI is InChI=1S/C15H27N3O.C2H7N/c1-16(2)9-12-7-13(10-17(3)4)15(19)14(8-12)11-18(5)6;1-3-2/h7-8,19H,9-11H2,1-6H3;3H,1-2H3. The second-order valence-electron chi connectivity index (χ2n) is 6.48. The fraction of sp³-hybridized carbons (Fsp3) is 0.647. The van der Waals surface area contributed by atoms with Crippen LogP contribution in [0.4, 0.5) is 0 Å². The maximum absolute atomic E-state index is 10.4. The summed E-state index contributed by atoms with van der Waals surface area (Å²) in [5.41, 5.74) is 3.25. The monoisotopic (exact) mass is 310 g/mol. The topological polar surface area (TPSA) is 42.0 Å². The van der Waals surface area contributed by atoms with Crippen LogP contribution >= 0.6 is 0 Å². The molecule has 0 fully saturated rings. The molecule has 2 N–H and O–H groups in total. The lowest BCUT2D eigenvalue weighted by molar-refractivity contribution is 0.365. The van der Waals surface area contributed by atoms with E-state index in [1.807, 2.05) is 42.3 Å². The number of phenolic OH excluding ortho intramolecular Hbond substituents is 1. The molecular weight excluding hydrogens is 276 g/mol. The third-order valence-corrected chi connectivity index (χ3v) is 2.80. The summed E-state index contributed by atoms with van der Waals surface area (Å²) in [5.74, 6) is 0.435. The molecular formula is C17H34N4O. The molecule has 0 aliphatic rings. The Bertz CT molecular complexity index is 400. The Hall–Kier alpha value is -1.14. The van der Waals surface area contributed by atoms with E-state index in [9.17, 15) is 5.11 Å². The quantitative estimate of drug-likeness (QED) is 0.832. The van der Waals surface area contributed by atoms with Gasteiger partial charge in [-0.05, 0) is 74.1 Å². The van der Waals surface area contributed by atoms with Gasteiger partial charge in [0, 0.05) is 30.8 Å². The third-order valence-electron chi connectivity index (χ3n) is 2.80. The van der Waals surface area contributed by atoms with Gasteiger partial charge in [-0.15, -0.1) is 0 Å². The minimum atomic E-state index is 0.435. The van der Waals surface area contributed by atoms with Crippen molar-refractivity contribution in [2.45, 2.75) is 19.6 Å². The molecule has 128 valence electrons. The number of hydrogen-bond acceptors (Lipinski definition) is 5. The van der Waals surface area contributed by atoms with E-state index in [-0.39, 0.29) is 0 Å². The molecule has 1 aromatic rings. The van der Waals surface area contributed by atoms with Gasteiger partial charge in [0.15, 0.2) is 0 Å². The van der Waals surface area contributed by atoms with Crippen molar-refractivity contribution >= 4 is 0 Å².